The Morgan fingerprint density at radius 2 is 2.04 bits per heavy atom. The lowest BCUT2D eigenvalue weighted by molar-refractivity contribution is -0.139. The molecule has 1 fully saturated rings. The first-order chi connectivity index (χ1) is 12.5. The van der Waals surface area contributed by atoms with E-state index in [2.05, 4.69) is 10.6 Å². The number of hydrogen-bond acceptors (Lipinski definition) is 4. The van der Waals surface area contributed by atoms with Crippen LogP contribution >= 0.6 is 0 Å². The first kappa shape index (κ1) is 18.4. The predicted octanol–water partition coefficient (Wildman–Crippen LogP) is 2.26. The van der Waals surface area contributed by atoms with Gasteiger partial charge in [-0.25, -0.2) is 4.79 Å². The number of benzene rings is 1. The Morgan fingerprint density at radius 1 is 1.27 bits per heavy atom. The fraction of sp³-hybridized carbons (Fsp3) is 0.526. The number of carboxylic acids is 1. The fourth-order valence-corrected chi connectivity index (χ4v) is 3.75. The van der Waals surface area contributed by atoms with Crippen molar-refractivity contribution in [2.24, 2.45) is 0 Å². The maximum absolute atomic E-state index is 12.2. The Bertz CT molecular complexity index is 713. The van der Waals surface area contributed by atoms with Crippen LogP contribution in [-0.2, 0) is 11.2 Å². The van der Waals surface area contributed by atoms with E-state index < -0.39 is 5.97 Å². The van der Waals surface area contributed by atoms with Crippen molar-refractivity contribution in [3.05, 3.63) is 29.3 Å². The zero-order chi connectivity index (χ0) is 18.7. The number of nitrogens with one attached hydrogen (secondary N) is 2. The number of nitrogens with zero attached hydrogens (tertiary/aromatic N) is 1. The summed E-state index contributed by atoms with van der Waals surface area (Å²) in [7, 11) is 0. The summed E-state index contributed by atoms with van der Waals surface area (Å²) in [6.07, 6.45) is 3.83. The molecule has 0 spiro atoms. The molecule has 0 atom stereocenters. The summed E-state index contributed by atoms with van der Waals surface area (Å²) in [5.74, 6) is -0.656. The van der Waals surface area contributed by atoms with Gasteiger partial charge in [0, 0.05) is 29.8 Å². The lowest BCUT2D eigenvalue weighted by Crippen LogP contribution is -2.55. The topological polar surface area (TPSA) is 98.7 Å². The maximum Gasteiger partial charge on any atom is 0.319 e. The van der Waals surface area contributed by atoms with Gasteiger partial charge in [0.15, 0.2) is 5.78 Å². The highest BCUT2D eigenvalue weighted by Crippen LogP contribution is 2.26. The summed E-state index contributed by atoms with van der Waals surface area (Å²) < 4.78 is 0. The average molecular weight is 359 g/mol. The molecule has 3 N–H and O–H groups in total. The van der Waals surface area contributed by atoms with E-state index >= 15 is 0 Å². The van der Waals surface area contributed by atoms with Gasteiger partial charge in [-0.1, -0.05) is 6.92 Å². The minimum atomic E-state index is -0.827. The molecular weight excluding hydrogens is 334 g/mol. The Labute approximate surface area is 152 Å². The lowest BCUT2D eigenvalue weighted by atomic mass is 9.85. The molecule has 0 saturated heterocycles. The maximum atomic E-state index is 12.2. The van der Waals surface area contributed by atoms with Gasteiger partial charge in [-0.2, -0.15) is 0 Å². The van der Waals surface area contributed by atoms with E-state index in [1.54, 1.807) is 12.1 Å². The largest absolute Gasteiger partial charge is 0.480 e. The third-order valence-electron chi connectivity index (χ3n) is 5.22. The minimum Gasteiger partial charge on any atom is -0.480 e. The quantitative estimate of drug-likeness (QED) is 0.724. The van der Waals surface area contributed by atoms with Crippen LogP contribution in [0.4, 0.5) is 10.5 Å². The molecule has 1 aromatic rings. The highest BCUT2D eigenvalue weighted by molar-refractivity contribution is 5.99. The predicted molar refractivity (Wildman–Crippen MR) is 97.6 cm³/mol. The molecule has 1 saturated carbocycles. The molecule has 3 rings (SSSR count). The van der Waals surface area contributed by atoms with E-state index in [1.807, 2.05) is 17.9 Å². The number of likely N-dealkylation sites (N-methyl/N-ethyl adjacent to an activating group) is 1. The highest BCUT2D eigenvalue weighted by Gasteiger charge is 2.34. The van der Waals surface area contributed by atoms with Gasteiger partial charge in [0.05, 0.1) is 6.54 Å². The van der Waals surface area contributed by atoms with Crippen LogP contribution in [0.1, 0.15) is 48.5 Å². The summed E-state index contributed by atoms with van der Waals surface area (Å²) in [6.45, 7) is 2.66. The van der Waals surface area contributed by atoms with E-state index in [-0.39, 0.29) is 30.4 Å². The van der Waals surface area contributed by atoms with Gasteiger partial charge in [-0.05, 0) is 56.0 Å². The monoisotopic (exact) mass is 359 g/mol. The molecule has 0 aliphatic heterocycles. The van der Waals surface area contributed by atoms with Crippen LogP contribution < -0.4 is 10.6 Å². The summed E-state index contributed by atoms with van der Waals surface area (Å²) >= 11 is 0. The van der Waals surface area contributed by atoms with Crippen molar-refractivity contribution in [3.63, 3.8) is 0 Å². The van der Waals surface area contributed by atoms with Crippen LogP contribution in [0, 0.1) is 0 Å². The van der Waals surface area contributed by atoms with Crippen LogP contribution in [0.2, 0.25) is 0 Å². The first-order valence-electron chi connectivity index (χ1n) is 9.15. The number of aliphatic carboxylic acids is 1. The Hall–Kier alpha value is -2.41. The molecule has 0 bridgehead atoms. The molecular formula is C19H25N3O4. The van der Waals surface area contributed by atoms with E-state index in [0.29, 0.717) is 18.7 Å². The smallest absolute Gasteiger partial charge is 0.319 e. The van der Waals surface area contributed by atoms with Gasteiger partial charge in [0.1, 0.15) is 0 Å². The minimum absolute atomic E-state index is 0.0356. The second-order valence-corrected chi connectivity index (χ2v) is 7.03. The molecule has 0 aromatic heterocycles. The second kappa shape index (κ2) is 7.86. The molecule has 7 nitrogen and oxygen atoms in total. The number of hydrogen-bond donors (Lipinski definition) is 3. The number of carboxylic acid groups (broad SMARTS) is 1. The number of urea groups is 1. The SMILES string of the molecule is CCN(CC(=O)O)C1CC(NC(=O)Nc2ccc3c(c2)CCCC3=O)C1. The molecule has 2 aliphatic carbocycles. The Morgan fingerprint density at radius 3 is 2.73 bits per heavy atom. The summed E-state index contributed by atoms with van der Waals surface area (Å²) in [4.78, 5) is 36.8. The molecule has 0 heterocycles. The molecule has 0 unspecified atom stereocenters. The fourth-order valence-electron chi connectivity index (χ4n) is 3.75. The zero-order valence-electron chi connectivity index (χ0n) is 15.0. The van der Waals surface area contributed by atoms with Crippen molar-refractivity contribution in [3.8, 4) is 0 Å². The van der Waals surface area contributed by atoms with E-state index in [0.717, 1.165) is 36.8 Å². The molecule has 26 heavy (non-hydrogen) atoms. The van der Waals surface area contributed by atoms with Crippen LogP contribution in [-0.4, -0.2) is 53.0 Å². The Kier molecular flexibility index (Phi) is 5.56. The van der Waals surface area contributed by atoms with Crippen molar-refractivity contribution in [1.29, 1.82) is 0 Å². The van der Waals surface area contributed by atoms with E-state index in [1.165, 1.54) is 0 Å². The highest BCUT2D eigenvalue weighted by atomic mass is 16.4. The number of ketones is 1. The van der Waals surface area contributed by atoms with Crippen molar-refractivity contribution in [2.45, 2.75) is 51.1 Å². The molecule has 0 radical (unpaired) electrons. The van der Waals surface area contributed by atoms with Crippen LogP contribution in [0.3, 0.4) is 0 Å². The van der Waals surface area contributed by atoms with Gasteiger partial charge < -0.3 is 15.7 Å². The zero-order valence-corrected chi connectivity index (χ0v) is 15.0. The first-order valence-corrected chi connectivity index (χ1v) is 9.15. The standard InChI is InChI=1S/C19H25N3O4/c1-2-22(11-18(24)25)15-9-14(10-15)21-19(26)20-13-6-7-16-12(8-13)4-3-5-17(16)23/h6-8,14-15H,2-5,9-11H2,1H3,(H,24,25)(H2,20,21,26). The summed E-state index contributed by atoms with van der Waals surface area (Å²) in [6, 6.07) is 5.42. The van der Waals surface area contributed by atoms with Gasteiger partial charge >= 0.3 is 12.0 Å². The van der Waals surface area contributed by atoms with Crippen molar-refractivity contribution in [2.75, 3.05) is 18.4 Å². The number of carbonyl (C=O) groups excluding carboxylic acids is 2. The number of amides is 2. The Balaban J connectivity index is 1.48. The number of Topliss-reactive ketones (excluding diaryl/α,β-unsaturated/α-hetero) is 1. The number of anilines is 1. The summed E-state index contributed by atoms with van der Waals surface area (Å²) in [5, 5.41) is 14.7. The molecule has 2 aliphatic rings. The van der Waals surface area contributed by atoms with Crippen LogP contribution in [0.15, 0.2) is 18.2 Å². The number of fused-ring (bicyclic) bond motifs is 1. The van der Waals surface area contributed by atoms with Gasteiger partial charge in [-0.15, -0.1) is 0 Å². The molecule has 7 heteroatoms. The second-order valence-electron chi connectivity index (χ2n) is 7.03. The number of rotatable bonds is 6. The molecule has 2 amide bonds. The van der Waals surface area contributed by atoms with Crippen LogP contribution in [0.25, 0.3) is 0 Å². The average Bonchev–Trinajstić information content (AvgIpc) is 2.56. The van der Waals surface area contributed by atoms with Crippen LogP contribution in [0.5, 0.6) is 0 Å². The van der Waals surface area contributed by atoms with E-state index in [4.69, 9.17) is 5.11 Å². The number of carbonyl (C=O) groups is 3. The van der Waals surface area contributed by atoms with Crippen molar-refractivity contribution < 1.29 is 19.5 Å². The van der Waals surface area contributed by atoms with Gasteiger partial charge in [0.2, 0.25) is 0 Å². The normalized spacial score (nSPS) is 21.7. The van der Waals surface area contributed by atoms with Gasteiger partial charge in [0.25, 0.3) is 0 Å². The van der Waals surface area contributed by atoms with E-state index in [9.17, 15) is 14.4 Å². The summed E-state index contributed by atoms with van der Waals surface area (Å²) in [5.41, 5.74) is 2.45. The molecule has 140 valence electrons. The third-order valence-corrected chi connectivity index (χ3v) is 5.22. The number of aryl methyl sites for hydroxylation is 1. The lowest BCUT2D eigenvalue weighted by Gasteiger charge is -2.42. The van der Waals surface area contributed by atoms with Gasteiger partial charge in [-0.3, -0.25) is 14.5 Å². The third kappa shape index (κ3) is 4.22. The van der Waals surface area contributed by atoms with Crippen molar-refractivity contribution in [1.82, 2.24) is 10.2 Å². The van der Waals surface area contributed by atoms with Crippen molar-refractivity contribution >= 4 is 23.5 Å². The molecule has 1 aromatic carbocycles.